The fourth-order valence-electron chi connectivity index (χ4n) is 12.8. The summed E-state index contributed by atoms with van der Waals surface area (Å²) < 4.78 is 13.2. The largest absolute Gasteiger partial charge is 0.456 e. The lowest BCUT2D eigenvalue weighted by molar-refractivity contribution is 0.650. The SMILES string of the molecule is Cc1ccc(/C(=C\c2ccc3c(c2)C(C)(C)c2cc(-c4ccncc4)c4oc5ccccc5c4c2-3)Cc2ccc3c(c2)C(C)(C)c2cc4c(cc2-3)C(C)(C)c2ccc3oc5ccccc5c3c2-4)cc1. The Bertz CT molecular complexity index is 4060. The molecule has 0 aliphatic heterocycles. The van der Waals surface area contributed by atoms with Gasteiger partial charge in [0.2, 0.25) is 0 Å². The quantitative estimate of drug-likeness (QED) is 0.162. The van der Waals surface area contributed by atoms with Gasteiger partial charge in [0.1, 0.15) is 22.3 Å². The number of fused-ring (bicyclic) bond motifs is 17. The normalized spacial score (nSPS) is 15.7. The number of furan rings is 2. The maximum Gasteiger partial charge on any atom is 0.143 e. The Morgan fingerprint density at radius 3 is 1.87 bits per heavy atom. The van der Waals surface area contributed by atoms with Crippen molar-refractivity contribution in [1.29, 1.82) is 0 Å². The minimum absolute atomic E-state index is 0.148. The zero-order chi connectivity index (χ0) is 46.7. The Balaban J connectivity index is 0.870. The van der Waals surface area contributed by atoms with E-state index in [4.69, 9.17) is 8.83 Å². The third kappa shape index (κ3) is 5.59. The fourth-order valence-corrected chi connectivity index (χ4v) is 12.8. The monoisotopic (exact) mass is 889 g/mol. The molecule has 8 aromatic carbocycles. The molecule has 3 aromatic heterocycles. The van der Waals surface area contributed by atoms with Crippen LogP contribution in [0.3, 0.4) is 0 Å². The molecule has 69 heavy (non-hydrogen) atoms. The summed E-state index contributed by atoms with van der Waals surface area (Å²) in [6, 6.07) is 56.6. The Hall–Kier alpha value is -7.75. The number of rotatable bonds is 5. The Morgan fingerprint density at radius 1 is 0.478 bits per heavy atom. The Morgan fingerprint density at radius 2 is 1.09 bits per heavy atom. The lowest BCUT2D eigenvalue weighted by atomic mass is 9.79. The number of allylic oxidation sites excluding steroid dienone is 1. The molecule has 14 rings (SSSR count). The Labute approximate surface area is 402 Å². The summed E-state index contributed by atoms with van der Waals surface area (Å²) >= 11 is 0. The van der Waals surface area contributed by atoms with Crippen molar-refractivity contribution < 1.29 is 8.83 Å². The van der Waals surface area contributed by atoms with Gasteiger partial charge in [-0.2, -0.15) is 0 Å². The molecule has 0 atom stereocenters. The minimum Gasteiger partial charge on any atom is -0.456 e. The number of aromatic nitrogens is 1. The molecule has 0 radical (unpaired) electrons. The molecule has 0 bridgehead atoms. The number of hydrogen-bond donors (Lipinski definition) is 0. The molecule has 3 heteroatoms. The molecule has 0 amide bonds. The molecule has 0 saturated carbocycles. The van der Waals surface area contributed by atoms with Gasteiger partial charge >= 0.3 is 0 Å². The van der Waals surface area contributed by atoms with E-state index in [0.29, 0.717) is 0 Å². The molecule has 0 saturated heterocycles. The maximum atomic E-state index is 6.73. The minimum atomic E-state index is -0.247. The first-order chi connectivity index (χ1) is 33.4. The van der Waals surface area contributed by atoms with Crippen LogP contribution in [0.4, 0.5) is 0 Å². The smallest absolute Gasteiger partial charge is 0.143 e. The van der Waals surface area contributed by atoms with Crippen molar-refractivity contribution in [2.75, 3.05) is 0 Å². The molecule has 0 unspecified atom stereocenters. The molecular weight excluding hydrogens is 839 g/mol. The zero-order valence-corrected chi connectivity index (χ0v) is 40.1. The second-order valence-corrected chi connectivity index (χ2v) is 21.6. The van der Waals surface area contributed by atoms with Crippen LogP contribution in [0, 0.1) is 6.92 Å². The van der Waals surface area contributed by atoms with Gasteiger partial charge in [0, 0.05) is 55.7 Å². The van der Waals surface area contributed by atoms with Crippen molar-refractivity contribution in [2.45, 2.75) is 71.1 Å². The number of nitrogens with zero attached hydrogens (tertiary/aromatic N) is 1. The molecule has 3 aliphatic rings. The number of hydrogen-bond acceptors (Lipinski definition) is 3. The van der Waals surface area contributed by atoms with E-state index in [2.05, 4.69) is 211 Å². The highest BCUT2D eigenvalue weighted by molar-refractivity contribution is 6.19. The van der Waals surface area contributed by atoms with Crippen molar-refractivity contribution in [3.8, 4) is 44.5 Å². The average Bonchev–Trinajstić information content (AvgIpc) is 4.10. The second-order valence-electron chi connectivity index (χ2n) is 21.6. The van der Waals surface area contributed by atoms with Gasteiger partial charge in [0.25, 0.3) is 0 Å². The highest BCUT2D eigenvalue weighted by atomic mass is 16.3. The van der Waals surface area contributed by atoms with Crippen molar-refractivity contribution >= 4 is 55.5 Å². The molecule has 0 fully saturated rings. The van der Waals surface area contributed by atoms with E-state index in [1.54, 1.807) is 0 Å². The van der Waals surface area contributed by atoms with Gasteiger partial charge in [-0.1, -0.05) is 156 Å². The van der Waals surface area contributed by atoms with Crippen LogP contribution < -0.4 is 0 Å². The van der Waals surface area contributed by atoms with E-state index in [9.17, 15) is 0 Å². The van der Waals surface area contributed by atoms with E-state index >= 15 is 0 Å². The maximum absolute atomic E-state index is 6.73. The van der Waals surface area contributed by atoms with Crippen LogP contribution >= 0.6 is 0 Å². The molecular formula is C66H51NO2. The van der Waals surface area contributed by atoms with E-state index in [1.165, 1.54) is 111 Å². The molecule has 3 aliphatic carbocycles. The number of para-hydroxylation sites is 2. The summed E-state index contributed by atoms with van der Waals surface area (Å²) in [6.45, 7) is 16.6. The van der Waals surface area contributed by atoms with E-state index in [0.717, 1.165) is 45.3 Å². The van der Waals surface area contributed by atoms with E-state index in [-0.39, 0.29) is 16.2 Å². The second kappa shape index (κ2) is 13.9. The van der Waals surface area contributed by atoms with Crippen LogP contribution in [0.1, 0.15) is 97.2 Å². The van der Waals surface area contributed by atoms with Crippen molar-refractivity contribution in [3.63, 3.8) is 0 Å². The van der Waals surface area contributed by atoms with Crippen LogP contribution in [0.5, 0.6) is 0 Å². The van der Waals surface area contributed by atoms with Crippen molar-refractivity contribution in [3.05, 3.63) is 220 Å². The van der Waals surface area contributed by atoms with Gasteiger partial charge < -0.3 is 8.83 Å². The summed E-state index contributed by atoms with van der Waals surface area (Å²) in [5.74, 6) is 0. The highest BCUT2D eigenvalue weighted by Gasteiger charge is 2.43. The molecule has 11 aromatic rings. The van der Waals surface area contributed by atoms with Gasteiger partial charge in [-0.15, -0.1) is 0 Å². The molecule has 0 N–H and O–H groups in total. The van der Waals surface area contributed by atoms with Gasteiger partial charge in [-0.25, -0.2) is 0 Å². The first-order valence-corrected chi connectivity index (χ1v) is 24.5. The Kier molecular flexibility index (Phi) is 8.14. The lowest BCUT2D eigenvalue weighted by Gasteiger charge is -2.24. The third-order valence-corrected chi connectivity index (χ3v) is 16.5. The summed E-state index contributed by atoms with van der Waals surface area (Å²) in [5.41, 5.74) is 27.9. The summed E-state index contributed by atoms with van der Waals surface area (Å²) in [7, 11) is 0. The first-order valence-electron chi connectivity index (χ1n) is 24.5. The van der Waals surface area contributed by atoms with Crippen molar-refractivity contribution in [2.24, 2.45) is 0 Å². The number of pyridine rings is 1. The average molecular weight is 890 g/mol. The zero-order valence-electron chi connectivity index (χ0n) is 40.1. The van der Waals surface area contributed by atoms with Crippen LogP contribution in [0.25, 0.3) is 100 Å². The molecule has 3 heterocycles. The van der Waals surface area contributed by atoms with Gasteiger partial charge in [-0.05, 0) is 156 Å². The van der Waals surface area contributed by atoms with E-state index < -0.39 is 0 Å². The van der Waals surface area contributed by atoms with Gasteiger partial charge in [0.05, 0.1) is 0 Å². The number of benzene rings is 8. The van der Waals surface area contributed by atoms with Crippen LogP contribution in [0.15, 0.2) is 173 Å². The predicted octanol–water partition coefficient (Wildman–Crippen LogP) is 17.6. The first kappa shape index (κ1) is 40.3. The van der Waals surface area contributed by atoms with Crippen molar-refractivity contribution in [1.82, 2.24) is 4.98 Å². The summed E-state index contributed by atoms with van der Waals surface area (Å²) in [4.78, 5) is 4.34. The number of aryl methyl sites for hydroxylation is 1. The van der Waals surface area contributed by atoms with Gasteiger partial charge in [0.15, 0.2) is 0 Å². The van der Waals surface area contributed by atoms with Crippen LogP contribution in [-0.2, 0) is 22.7 Å². The van der Waals surface area contributed by atoms with Crippen LogP contribution in [0.2, 0.25) is 0 Å². The molecule has 3 nitrogen and oxygen atoms in total. The van der Waals surface area contributed by atoms with Crippen LogP contribution in [-0.4, -0.2) is 4.98 Å². The standard InChI is InChI=1S/C66H51NO2/c1-37-16-20-40(21-17-37)42(31-39-19-23-44-52(33-39)66(6,7)55-34-47(41-26-28-67-29-27-41)63-62(59(44)55)46-13-9-11-15-57(46)69-63)30-38-18-22-43-48-35-54-49(36-53(48)65(4,5)51(43)32-38)60-50(64(54,2)3)24-25-58-61(60)45-12-8-10-14-56(45)68-58/h8-29,31-36H,30H2,1-7H3/b42-31-. The third-order valence-electron chi connectivity index (χ3n) is 16.5. The summed E-state index contributed by atoms with van der Waals surface area (Å²) in [6.07, 6.45) is 6.98. The van der Waals surface area contributed by atoms with Gasteiger partial charge in [-0.3, -0.25) is 4.98 Å². The molecule has 0 spiro atoms. The summed E-state index contributed by atoms with van der Waals surface area (Å²) in [5, 5.41) is 4.76. The predicted molar refractivity (Wildman–Crippen MR) is 286 cm³/mol. The highest BCUT2D eigenvalue weighted by Crippen LogP contribution is 2.59. The molecule has 332 valence electrons. The lowest BCUT2D eigenvalue weighted by Crippen LogP contribution is -2.17. The fraction of sp³-hybridized carbons (Fsp3) is 0.167. The van der Waals surface area contributed by atoms with E-state index in [1.807, 2.05) is 12.4 Å². The topological polar surface area (TPSA) is 39.2 Å².